The van der Waals surface area contributed by atoms with E-state index in [-0.39, 0.29) is 11.9 Å². The Bertz CT molecular complexity index is 409. The molecule has 0 fully saturated rings. The number of carbonyl (C=O) groups is 1. The highest BCUT2D eigenvalue weighted by Gasteiger charge is 2.07. The summed E-state index contributed by atoms with van der Waals surface area (Å²) in [4.78, 5) is 11.6. The first-order valence-electron chi connectivity index (χ1n) is 5.09. The maximum absolute atomic E-state index is 11.6. The first-order valence-corrected chi connectivity index (χ1v) is 5.88. The van der Waals surface area contributed by atoms with Crippen LogP contribution in [-0.2, 0) is 11.2 Å². The zero-order chi connectivity index (χ0) is 12.0. The van der Waals surface area contributed by atoms with Gasteiger partial charge in [-0.2, -0.15) is 0 Å². The lowest BCUT2D eigenvalue weighted by molar-refractivity contribution is -0.121. The summed E-state index contributed by atoms with van der Waals surface area (Å²) in [6, 6.07) is 7.74. The van der Waals surface area contributed by atoms with Crippen molar-refractivity contribution in [2.45, 2.75) is 25.8 Å². The normalized spacial score (nSPS) is 11.6. The van der Waals surface area contributed by atoms with Gasteiger partial charge < -0.3 is 5.32 Å². The summed E-state index contributed by atoms with van der Waals surface area (Å²) in [5, 5.41) is 2.85. The summed E-state index contributed by atoms with van der Waals surface area (Å²) >= 11 is 3.37. The molecule has 1 amide bonds. The van der Waals surface area contributed by atoms with Crippen LogP contribution in [0.5, 0.6) is 0 Å². The highest BCUT2D eigenvalue weighted by Crippen LogP contribution is 2.12. The van der Waals surface area contributed by atoms with E-state index in [2.05, 4.69) is 27.2 Å². The van der Waals surface area contributed by atoms with E-state index in [9.17, 15) is 4.79 Å². The van der Waals surface area contributed by atoms with Gasteiger partial charge in [0.2, 0.25) is 5.91 Å². The molecule has 0 aliphatic carbocycles. The van der Waals surface area contributed by atoms with E-state index < -0.39 is 0 Å². The molecule has 0 radical (unpaired) electrons. The number of terminal acetylenes is 1. The highest BCUT2D eigenvalue weighted by molar-refractivity contribution is 9.10. The van der Waals surface area contributed by atoms with Gasteiger partial charge in [-0.15, -0.1) is 12.3 Å². The fraction of sp³-hybridized carbons (Fsp3) is 0.308. The number of rotatable bonds is 4. The smallest absolute Gasteiger partial charge is 0.224 e. The Morgan fingerprint density at radius 2 is 2.38 bits per heavy atom. The summed E-state index contributed by atoms with van der Waals surface area (Å²) in [7, 11) is 0. The van der Waals surface area contributed by atoms with Crippen LogP contribution in [0.25, 0.3) is 0 Å². The standard InChI is InChI=1S/C13H14BrNO/c1-3-5-10(2)15-13(16)9-11-6-4-7-12(14)8-11/h1,4,6-8,10H,5,9H2,2H3,(H,15,16). The van der Waals surface area contributed by atoms with Crippen LogP contribution in [-0.4, -0.2) is 11.9 Å². The molecule has 3 heteroatoms. The molecule has 84 valence electrons. The van der Waals surface area contributed by atoms with Gasteiger partial charge in [0.25, 0.3) is 0 Å². The Hall–Kier alpha value is -1.27. The van der Waals surface area contributed by atoms with Gasteiger partial charge in [-0.25, -0.2) is 0 Å². The van der Waals surface area contributed by atoms with E-state index in [4.69, 9.17) is 6.42 Å². The average Bonchev–Trinajstić information content (AvgIpc) is 2.17. The summed E-state index contributed by atoms with van der Waals surface area (Å²) in [6.07, 6.45) is 6.11. The molecular weight excluding hydrogens is 266 g/mol. The minimum Gasteiger partial charge on any atom is -0.352 e. The topological polar surface area (TPSA) is 29.1 Å². The van der Waals surface area contributed by atoms with Crippen LogP contribution < -0.4 is 5.32 Å². The van der Waals surface area contributed by atoms with Crippen molar-refractivity contribution < 1.29 is 4.79 Å². The van der Waals surface area contributed by atoms with Crippen molar-refractivity contribution in [3.05, 3.63) is 34.3 Å². The number of carbonyl (C=O) groups excluding carboxylic acids is 1. The summed E-state index contributed by atoms with van der Waals surface area (Å²) in [5.74, 6) is 2.52. The fourth-order valence-corrected chi connectivity index (χ4v) is 1.83. The second kappa shape index (κ2) is 6.34. The van der Waals surface area contributed by atoms with Gasteiger partial charge in [-0.3, -0.25) is 4.79 Å². The van der Waals surface area contributed by atoms with Crippen LogP contribution >= 0.6 is 15.9 Å². The lowest BCUT2D eigenvalue weighted by Crippen LogP contribution is -2.33. The molecule has 0 aliphatic rings. The van der Waals surface area contributed by atoms with Crippen LogP contribution in [0.4, 0.5) is 0 Å². The van der Waals surface area contributed by atoms with Crippen molar-refractivity contribution in [1.82, 2.24) is 5.32 Å². The van der Waals surface area contributed by atoms with E-state index in [0.717, 1.165) is 10.0 Å². The third-order valence-electron chi connectivity index (χ3n) is 2.09. The van der Waals surface area contributed by atoms with Crippen LogP contribution in [0.1, 0.15) is 18.9 Å². The quantitative estimate of drug-likeness (QED) is 0.844. The molecule has 1 aromatic carbocycles. The monoisotopic (exact) mass is 279 g/mol. The van der Waals surface area contributed by atoms with Crippen LogP contribution in [0, 0.1) is 12.3 Å². The van der Waals surface area contributed by atoms with E-state index in [1.165, 1.54) is 0 Å². The SMILES string of the molecule is C#CCC(C)NC(=O)Cc1cccc(Br)c1. The predicted octanol–water partition coefficient (Wildman–Crippen LogP) is 2.52. The number of halogens is 1. The van der Waals surface area contributed by atoms with Crippen molar-refractivity contribution in [2.24, 2.45) is 0 Å². The van der Waals surface area contributed by atoms with Crippen molar-refractivity contribution in [3.63, 3.8) is 0 Å². The van der Waals surface area contributed by atoms with Crippen LogP contribution in [0.2, 0.25) is 0 Å². The van der Waals surface area contributed by atoms with Crippen molar-refractivity contribution in [1.29, 1.82) is 0 Å². The molecule has 1 unspecified atom stereocenters. The van der Waals surface area contributed by atoms with Crippen molar-refractivity contribution in [2.75, 3.05) is 0 Å². The van der Waals surface area contributed by atoms with Gasteiger partial charge in [-0.1, -0.05) is 28.1 Å². The van der Waals surface area contributed by atoms with Crippen LogP contribution in [0.15, 0.2) is 28.7 Å². The summed E-state index contributed by atoms with van der Waals surface area (Å²) in [6.45, 7) is 1.90. The Labute approximate surface area is 105 Å². The molecule has 0 bridgehead atoms. The second-order valence-electron chi connectivity index (χ2n) is 3.68. The van der Waals surface area contributed by atoms with E-state index >= 15 is 0 Å². The Kier molecular flexibility index (Phi) is 5.07. The van der Waals surface area contributed by atoms with Gasteiger partial charge in [-0.05, 0) is 24.6 Å². The molecule has 2 nitrogen and oxygen atoms in total. The molecule has 1 rings (SSSR count). The average molecular weight is 280 g/mol. The number of hydrogen-bond acceptors (Lipinski definition) is 1. The molecule has 0 heterocycles. The van der Waals surface area contributed by atoms with E-state index in [1.807, 2.05) is 31.2 Å². The van der Waals surface area contributed by atoms with Crippen molar-refractivity contribution in [3.8, 4) is 12.3 Å². The zero-order valence-electron chi connectivity index (χ0n) is 9.16. The van der Waals surface area contributed by atoms with Gasteiger partial charge >= 0.3 is 0 Å². The molecule has 0 saturated carbocycles. The summed E-state index contributed by atoms with van der Waals surface area (Å²) in [5.41, 5.74) is 0.986. The fourth-order valence-electron chi connectivity index (χ4n) is 1.39. The molecule has 0 spiro atoms. The van der Waals surface area contributed by atoms with E-state index in [1.54, 1.807) is 0 Å². The van der Waals surface area contributed by atoms with Crippen LogP contribution in [0.3, 0.4) is 0 Å². The lowest BCUT2D eigenvalue weighted by Gasteiger charge is -2.10. The zero-order valence-corrected chi connectivity index (χ0v) is 10.8. The number of nitrogens with one attached hydrogen (secondary N) is 1. The molecule has 1 aromatic rings. The first-order chi connectivity index (χ1) is 7.61. The molecule has 0 aromatic heterocycles. The molecule has 0 aliphatic heterocycles. The van der Waals surface area contributed by atoms with E-state index in [0.29, 0.717) is 12.8 Å². The largest absolute Gasteiger partial charge is 0.352 e. The Balaban J connectivity index is 2.49. The Morgan fingerprint density at radius 3 is 3.00 bits per heavy atom. The maximum Gasteiger partial charge on any atom is 0.224 e. The third-order valence-corrected chi connectivity index (χ3v) is 2.58. The molecule has 16 heavy (non-hydrogen) atoms. The first kappa shape index (κ1) is 12.8. The third kappa shape index (κ3) is 4.50. The highest BCUT2D eigenvalue weighted by atomic mass is 79.9. The van der Waals surface area contributed by atoms with Gasteiger partial charge in [0.15, 0.2) is 0 Å². The van der Waals surface area contributed by atoms with Gasteiger partial charge in [0.05, 0.1) is 6.42 Å². The van der Waals surface area contributed by atoms with Gasteiger partial charge in [0.1, 0.15) is 0 Å². The number of benzene rings is 1. The molecular formula is C13H14BrNO. The van der Waals surface area contributed by atoms with Gasteiger partial charge in [0, 0.05) is 16.9 Å². The number of hydrogen-bond donors (Lipinski definition) is 1. The number of amides is 1. The van der Waals surface area contributed by atoms with Crippen molar-refractivity contribution >= 4 is 21.8 Å². The minimum atomic E-state index is 0.000787. The molecule has 0 saturated heterocycles. The second-order valence-corrected chi connectivity index (χ2v) is 4.60. The molecule has 1 atom stereocenters. The minimum absolute atomic E-state index is 0.000787. The predicted molar refractivity (Wildman–Crippen MR) is 68.9 cm³/mol. The Morgan fingerprint density at radius 1 is 1.62 bits per heavy atom. The lowest BCUT2D eigenvalue weighted by atomic mass is 10.1. The molecule has 1 N–H and O–H groups in total. The maximum atomic E-state index is 11.6. The summed E-state index contributed by atoms with van der Waals surface area (Å²) < 4.78 is 0.981.